The Morgan fingerprint density at radius 1 is 0.971 bits per heavy atom. The number of halogens is 1. The molecule has 5 heteroatoms. The summed E-state index contributed by atoms with van der Waals surface area (Å²) in [5.74, 6) is 0.728. The zero-order valence-corrected chi connectivity index (χ0v) is 20.4. The van der Waals surface area contributed by atoms with E-state index in [2.05, 4.69) is 24.5 Å². The Hall–Kier alpha value is -3.34. The van der Waals surface area contributed by atoms with Crippen molar-refractivity contribution < 1.29 is 13.9 Å². The molecule has 3 aromatic carbocycles. The first-order valence-electron chi connectivity index (χ1n) is 12.1. The number of hydrogen-bond acceptors (Lipinski definition) is 3. The van der Waals surface area contributed by atoms with Gasteiger partial charge in [0.15, 0.2) is 0 Å². The average Bonchev–Trinajstić information content (AvgIpc) is 2.84. The van der Waals surface area contributed by atoms with Gasteiger partial charge < -0.3 is 15.4 Å². The highest BCUT2D eigenvalue weighted by Crippen LogP contribution is 2.28. The first-order chi connectivity index (χ1) is 16.5. The van der Waals surface area contributed by atoms with E-state index < -0.39 is 5.82 Å². The van der Waals surface area contributed by atoms with Crippen molar-refractivity contribution in [3.05, 3.63) is 83.7 Å². The van der Waals surface area contributed by atoms with Gasteiger partial charge in [0.1, 0.15) is 18.2 Å². The molecular weight excluding hydrogens is 427 g/mol. The van der Waals surface area contributed by atoms with Gasteiger partial charge in [-0.15, -0.1) is 0 Å². The van der Waals surface area contributed by atoms with Crippen molar-refractivity contribution in [3.8, 4) is 5.75 Å². The van der Waals surface area contributed by atoms with E-state index in [-0.39, 0.29) is 11.6 Å². The maximum atomic E-state index is 14.4. The van der Waals surface area contributed by atoms with Gasteiger partial charge in [-0.25, -0.2) is 4.39 Å². The molecular formula is C29H35FN2O2. The van der Waals surface area contributed by atoms with E-state index in [0.29, 0.717) is 24.6 Å². The Morgan fingerprint density at radius 2 is 1.76 bits per heavy atom. The summed E-state index contributed by atoms with van der Waals surface area (Å²) in [6, 6.07) is 20.5. The summed E-state index contributed by atoms with van der Waals surface area (Å²) >= 11 is 0. The molecule has 0 aliphatic carbocycles. The molecule has 0 fully saturated rings. The van der Waals surface area contributed by atoms with Gasteiger partial charge in [-0.3, -0.25) is 4.79 Å². The summed E-state index contributed by atoms with van der Waals surface area (Å²) in [5, 5.41) is 6.06. The fraction of sp³-hybridized carbons (Fsp3) is 0.345. The summed E-state index contributed by atoms with van der Waals surface area (Å²) in [5.41, 5.74) is 3.90. The van der Waals surface area contributed by atoms with Crippen LogP contribution < -0.4 is 15.4 Å². The molecule has 0 aromatic heterocycles. The third-order valence-electron chi connectivity index (χ3n) is 6.02. The van der Waals surface area contributed by atoms with Crippen LogP contribution in [-0.2, 0) is 11.4 Å². The van der Waals surface area contributed by atoms with Crippen molar-refractivity contribution in [3.63, 3.8) is 0 Å². The lowest BCUT2D eigenvalue weighted by molar-refractivity contribution is -0.116. The Morgan fingerprint density at radius 3 is 2.47 bits per heavy atom. The van der Waals surface area contributed by atoms with E-state index in [1.54, 1.807) is 12.1 Å². The summed E-state index contributed by atoms with van der Waals surface area (Å²) in [6.07, 6.45) is 4.52. The minimum absolute atomic E-state index is 0.151. The normalized spacial score (nSPS) is 11.6. The molecule has 0 saturated carbocycles. The quantitative estimate of drug-likeness (QED) is 0.287. The largest absolute Gasteiger partial charge is 0.489 e. The second-order valence-corrected chi connectivity index (χ2v) is 8.72. The van der Waals surface area contributed by atoms with E-state index >= 15 is 0 Å². The smallest absolute Gasteiger partial charge is 0.224 e. The van der Waals surface area contributed by atoms with Crippen molar-refractivity contribution >= 4 is 23.0 Å². The van der Waals surface area contributed by atoms with Gasteiger partial charge in [-0.2, -0.15) is 0 Å². The van der Waals surface area contributed by atoms with Crippen LogP contribution in [-0.4, -0.2) is 5.91 Å². The SMILES string of the molecule is CCCC(CC)CCC(=O)Nc1cc(Nc2ccc(OCc3ccccc3)cc2C)ccc1F. The van der Waals surface area contributed by atoms with Gasteiger partial charge in [-0.1, -0.05) is 63.4 Å². The highest BCUT2D eigenvalue weighted by Gasteiger charge is 2.12. The van der Waals surface area contributed by atoms with Gasteiger partial charge >= 0.3 is 0 Å². The van der Waals surface area contributed by atoms with Crippen molar-refractivity contribution in [2.24, 2.45) is 5.92 Å². The molecule has 1 unspecified atom stereocenters. The average molecular weight is 463 g/mol. The monoisotopic (exact) mass is 462 g/mol. The second-order valence-electron chi connectivity index (χ2n) is 8.72. The molecule has 3 aromatic rings. The molecule has 1 atom stereocenters. The van der Waals surface area contributed by atoms with Crippen LogP contribution in [0, 0.1) is 18.7 Å². The molecule has 0 aliphatic rings. The maximum Gasteiger partial charge on any atom is 0.224 e. The third-order valence-corrected chi connectivity index (χ3v) is 6.02. The maximum absolute atomic E-state index is 14.4. The van der Waals surface area contributed by atoms with Crippen LogP contribution in [0.5, 0.6) is 5.75 Å². The molecule has 0 spiro atoms. The number of hydrogen-bond donors (Lipinski definition) is 2. The highest BCUT2D eigenvalue weighted by atomic mass is 19.1. The van der Waals surface area contributed by atoms with Gasteiger partial charge in [0.2, 0.25) is 5.91 Å². The van der Waals surface area contributed by atoms with Gasteiger partial charge in [0.05, 0.1) is 5.69 Å². The summed E-state index contributed by atoms with van der Waals surface area (Å²) in [4.78, 5) is 12.4. The Bertz CT molecular complexity index is 1070. The number of anilines is 3. The number of benzene rings is 3. The molecule has 180 valence electrons. The number of rotatable bonds is 12. The van der Waals surface area contributed by atoms with E-state index in [4.69, 9.17) is 4.74 Å². The topological polar surface area (TPSA) is 50.4 Å². The van der Waals surface area contributed by atoms with Crippen LogP contribution in [0.4, 0.5) is 21.5 Å². The van der Waals surface area contributed by atoms with Crippen molar-refractivity contribution in [2.45, 2.75) is 59.5 Å². The summed E-state index contributed by atoms with van der Waals surface area (Å²) in [7, 11) is 0. The van der Waals surface area contributed by atoms with Gasteiger partial charge in [0, 0.05) is 17.8 Å². The first kappa shape index (κ1) is 25.3. The predicted octanol–water partition coefficient (Wildman–Crippen LogP) is 8.00. The van der Waals surface area contributed by atoms with Crippen molar-refractivity contribution in [1.29, 1.82) is 0 Å². The number of nitrogens with one attached hydrogen (secondary N) is 2. The van der Waals surface area contributed by atoms with Crippen LogP contribution in [0.3, 0.4) is 0 Å². The highest BCUT2D eigenvalue weighted by molar-refractivity contribution is 5.91. The van der Waals surface area contributed by atoms with Crippen LogP contribution in [0.2, 0.25) is 0 Å². The van der Waals surface area contributed by atoms with E-state index in [1.165, 1.54) is 6.07 Å². The summed E-state index contributed by atoms with van der Waals surface area (Å²) in [6.45, 7) is 6.80. The van der Waals surface area contributed by atoms with Crippen LogP contribution in [0.15, 0.2) is 66.7 Å². The van der Waals surface area contributed by atoms with E-state index in [9.17, 15) is 9.18 Å². The minimum atomic E-state index is -0.444. The summed E-state index contributed by atoms with van der Waals surface area (Å²) < 4.78 is 20.2. The lowest BCUT2D eigenvalue weighted by Gasteiger charge is -2.15. The van der Waals surface area contributed by atoms with Gasteiger partial charge in [-0.05, 0) is 66.8 Å². The Labute approximate surface area is 202 Å². The predicted molar refractivity (Wildman–Crippen MR) is 138 cm³/mol. The van der Waals surface area contributed by atoms with E-state index in [0.717, 1.165) is 48.2 Å². The number of ether oxygens (including phenoxy) is 1. The molecule has 3 rings (SSSR count). The Kier molecular flexibility index (Phi) is 9.51. The zero-order valence-electron chi connectivity index (χ0n) is 20.4. The molecule has 0 radical (unpaired) electrons. The molecule has 0 saturated heterocycles. The number of amides is 1. The van der Waals surface area contributed by atoms with Crippen LogP contribution in [0.25, 0.3) is 0 Å². The van der Waals surface area contributed by atoms with Gasteiger partial charge in [0.25, 0.3) is 0 Å². The molecule has 34 heavy (non-hydrogen) atoms. The minimum Gasteiger partial charge on any atom is -0.489 e. The fourth-order valence-electron chi connectivity index (χ4n) is 3.97. The number of aryl methyl sites for hydroxylation is 1. The molecule has 0 aliphatic heterocycles. The molecule has 1 amide bonds. The number of carbonyl (C=O) groups excluding carboxylic acids is 1. The molecule has 2 N–H and O–H groups in total. The molecule has 4 nitrogen and oxygen atoms in total. The standard InChI is InChI=1S/C29H35FN2O2/c1-4-9-22(5-2)12-17-29(33)32-28-19-24(13-15-26(28)30)31-27-16-14-25(18-21(27)3)34-20-23-10-7-6-8-11-23/h6-8,10-11,13-16,18-19,22,31H,4-5,9,12,17,20H2,1-3H3,(H,32,33). The zero-order chi connectivity index (χ0) is 24.3. The Balaban J connectivity index is 1.60. The second kappa shape index (κ2) is 12.8. The molecule has 0 heterocycles. The van der Waals surface area contributed by atoms with Crippen LogP contribution in [0.1, 0.15) is 57.1 Å². The number of carbonyl (C=O) groups is 1. The van der Waals surface area contributed by atoms with E-state index in [1.807, 2.05) is 55.5 Å². The van der Waals surface area contributed by atoms with Crippen molar-refractivity contribution in [1.82, 2.24) is 0 Å². The lowest BCUT2D eigenvalue weighted by atomic mass is 9.95. The van der Waals surface area contributed by atoms with Crippen LogP contribution >= 0.6 is 0 Å². The van der Waals surface area contributed by atoms with Crippen molar-refractivity contribution in [2.75, 3.05) is 10.6 Å². The lowest BCUT2D eigenvalue weighted by Crippen LogP contribution is -2.14. The third kappa shape index (κ3) is 7.62. The first-order valence-corrected chi connectivity index (χ1v) is 12.1. The molecule has 0 bridgehead atoms. The fourth-order valence-corrected chi connectivity index (χ4v) is 3.97.